The molecule has 8 heteroatoms. The number of fused-ring (bicyclic) bond motifs is 1. The highest BCUT2D eigenvalue weighted by atomic mass is 19.1. The van der Waals surface area contributed by atoms with Crippen molar-refractivity contribution in [3.63, 3.8) is 0 Å². The number of hydrogen-bond acceptors (Lipinski definition) is 4. The number of carbonyl (C=O) groups excluding carboxylic acids is 2. The second-order valence-electron chi connectivity index (χ2n) is 7.90. The van der Waals surface area contributed by atoms with E-state index in [4.69, 9.17) is 0 Å². The molecule has 2 heterocycles. The van der Waals surface area contributed by atoms with E-state index >= 15 is 0 Å². The average Bonchev–Trinajstić information content (AvgIpc) is 3.11. The molecule has 2 aromatic carbocycles. The van der Waals surface area contributed by atoms with E-state index < -0.39 is 11.4 Å². The van der Waals surface area contributed by atoms with Crippen molar-refractivity contribution in [2.75, 3.05) is 10.2 Å². The van der Waals surface area contributed by atoms with Crippen LogP contribution < -0.4 is 15.8 Å². The van der Waals surface area contributed by atoms with Gasteiger partial charge in [-0.15, -0.1) is 0 Å². The van der Waals surface area contributed by atoms with Crippen molar-refractivity contribution < 1.29 is 14.0 Å². The molecule has 1 aromatic heterocycles. The van der Waals surface area contributed by atoms with Crippen LogP contribution in [-0.4, -0.2) is 27.6 Å². The van der Waals surface area contributed by atoms with Gasteiger partial charge < -0.3 is 10.2 Å². The molecule has 32 heavy (non-hydrogen) atoms. The molecule has 164 valence electrons. The first kappa shape index (κ1) is 21.4. The maximum Gasteiger partial charge on any atom is 0.278 e. The maximum absolute atomic E-state index is 13.7. The first-order chi connectivity index (χ1) is 15.3. The highest BCUT2D eigenvalue weighted by molar-refractivity contribution is 6.06. The second-order valence-corrected chi connectivity index (χ2v) is 7.90. The van der Waals surface area contributed by atoms with Gasteiger partial charge in [0.2, 0.25) is 5.91 Å². The number of anilines is 2. The molecule has 3 aromatic rings. The lowest BCUT2D eigenvalue weighted by molar-refractivity contribution is -0.116. The molecule has 0 radical (unpaired) electrons. The van der Waals surface area contributed by atoms with Crippen LogP contribution in [0.4, 0.5) is 15.8 Å². The number of benzene rings is 2. The predicted octanol–water partition coefficient (Wildman–Crippen LogP) is 3.31. The largest absolute Gasteiger partial charge is 0.326 e. The van der Waals surface area contributed by atoms with Crippen molar-refractivity contribution >= 4 is 23.2 Å². The molecule has 0 aliphatic carbocycles. The van der Waals surface area contributed by atoms with Crippen LogP contribution in [0.5, 0.6) is 0 Å². The first-order valence-corrected chi connectivity index (χ1v) is 10.4. The van der Waals surface area contributed by atoms with E-state index in [0.29, 0.717) is 11.3 Å². The number of nitrogens with one attached hydrogen (secondary N) is 1. The second kappa shape index (κ2) is 8.74. The Morgan fingerprint density at radius 2 is 1.94 bits per heavy atom. The Morgan fingerprint density at radius 1 is 1.16 bits per heavy atom. The van der Waals surface area contributed by atoms with Gasteiger partial charge in [-0.2, -0.15) is 5.10 Å². The van der Waals surface area contributed by atoms with Gasteiger partial charge in [-0.25, -0.2) is 9.07 Å². The van der Waals surface area contributed by atoms with E-state index in [1.807, 2.05) is 31.2 Å². The molecule has 0 unspecified atom stereocenters. The van der Waals surface area contributed by atoms with Crippen LogP contribution in [0.2, 0.25) is 0 Å². The number of hydrogen-bond donors (Lipinski definition) is 1. The van der Waals surface area contributed by atoms with Gasteiger partial charge in [-0.1, -0.05) is 24.3 Å². The molecule has 7 nitrogen and oxygen atoms in total. The van der Waals surface area contributed by atoms with Gasteiger partial charge in [0.25, 0.3) is 11.5 Å². The summed E-state index contributed by atoms with van der Waals surface area (Å²) in [4.78, 5) is 39.3. The van der Waals surface area contributed by atoms with Crippen LogP contribution in [-0.2, 0) is 17.8 Å². The molecule has 4 rings (SSSR count). The fourth-order valence-electron chi connectivity index (χ4n) is 3.82. The highest BCUT2D eigenvalue weighted by Crippen LogP contribution is 2.32. The topological polar surface area (TPSA) is 84.3 Å². The van der Waals surface area contributed by atoms with Gasteiger partial charge in [0.15, 0.2) is 0 Å². The Bertz CT molecular complexity index is 1250. The van der Waals surface area contributed by atoms with Gasteiger partial charge in [0.1, 0.15) is 11.5 Å². The molecule has 0 saturated heterocycles. The third-order valence-electron chi connectivity index (χ3n) is 5.52. The Labute approximate surface area is 184 Å². The third kappa shape index (κ3) is 4.30. The zero-order valence-electron chi connectivity index (χ0n) is 17.8. The smallest absolute Gasteiger partial charge is 0.278 e. The number of nitrogens with zero attached hydrogens (tertiary/aromatic N) is 3. The zero-order chi connectivity index (χ0) is 22.8. The number of carbonyl (C=O) groups is 2. The first-order valence-electron chi connectivity index (χ1n) is 10.4. The molecular formula is C24H23FN4O3. The summed E-state index contributed by atoms with van der Waals surface area (Å²) in [6.45, 7) is 3.59. The molecule has 0 fully saturated rings. The SMILES string of the molecule is Cc1ccc(NC(=O)CCn2nc(C(=O)N3c4ccccc4C[C@H]3C)ccc2=O)cc1F. The minimum Gasteiger partial charge on any atom is -0.326 e. The van der Waals surface area contributed by atoms with Crippen LogP contribution in [0.15, 0.2) is 59.4 Å². The quantitative estimate of drug-likeness (QED) is 0.668. The van der Waals surface area contributed by atoms with Gasteiger partial charge in [0.05, 0.1) is 6.54 Å². The minimum atomic E-state index is -0.412. The standard InChI is InChI=1S/C24H23FN4O3/c1-15-7-8-18(14-19(15)25)26-22(30)11-12-28-23(31)10-9-20(27-28)24(32)29-16(2)13-17-5-3-4-6-21(17)29/h3-10,14,16H,11-13H2,1-2H3,(H,26,30)/t16-/m1/s1. The lowest BCUT2D eigenvalue weighted by atomic mass is 10.1. The average molecular weight is 434 g/mol. The molecule has 0 bridgehead atoms. The van der Waals surface area contributed by atoms with E-state index in [9.17, 15) is 18.8 Å². The number of para-hydroxylation sites is 1. The number of rotatable bonds is 5. The minimum absolute atomic E-state index is 0.00767. The van der Waals surface area contributed by atoms with Crippen LogP contribution in [0.1, 0.15) is 35.0 Å². The number of amides is 2. The van der Waals surface area contributed by atoms with E-state index in [-0.39, 0.29) is 36.5 Å². The van der Waals surface area contributed by atoms with E-state index in [1.165, 1.54) is 18.2 Å². The highest BCUT2D eigenvalue weighted by Gasteiger charge is 2.32. The van der Waals surface area contributed by atoms with E-state index in [2.05, 4.69) is 10.4 Å². The van der Waals surface area contributed by atoms with Gasteiger partial charge >= 0.3 is 0 Å². The molecule has 1 N–H and O–H groups in total. The summed E-state index contributed by atoms with van der Waals surface area (Å²) < 4.78 is 14.8. The summed E-state index contributed by atoms with van der Waals surface area (Å²) in [5.74, 6) is -1.10. The molecule has 2 amide bonds. The number of halogens is 1. The van der Waals surface area contributed by atoms with Crippen LogP contribution in [0, 0.1) is 12.7 Å². The zero-order valence-corrected chi connectivity index (χ0v) is 17.8. The predicted molar refractivity (Wildman–Crippen MR) is 119 cm³/mol. The van der Waals surface area contributed by atoms with E-state index in [0.717, 1.165) is 22.4 Å². The van der Waals surface area contributed by atoms with Crippen molar-refractivity contribution in [1.82, 2.24) is 9.78 Å². The summed E-state index contributed by atoms with van der Waals surface area (Å²) in [5, 5.41) is 6.80. The van der Waals surface area contributed by atoms with E-state index in [1.54, 1.807) is 24.0 Å². The Kier molecular flexibility index (Phi) is 5.85. The monoisotopic (exact) mass is 434 g/mol. The fourth-order valence-corrected chi connectivity index (χ4v) is 3.82. The van der Waals surface area contributed by atoms with Crippen LogP contribution >= 0.6 is 0 Å². The van der Waals surface area contributed by atoms with Gasteiger partial charge in [-0.3, -0.25) is 14.4 Å². The molecule has 1 aliphatic rings. The Hall–Kier alpha value is -3.81. The van der Waals surface area contributed by atoms with Crippen LogP contribution in [0.25, 0.3) is 0 Å². The summed E-state index contributed by atoms with van der Waals surface area (Å²) in [6, 6.07) is 14.8. The Morgan fingerprint density at radius 3 is 2.72 bits per heavy atom. The molecular weight excluding hydrogens is 411 g/mol. The fraction of sp³-hybridized carbons (Fsp3) is 0.250. The third-order valence-corrected chi connectivity index (χ3v) is 5.52. The summed E-state index contributed by atoms with van der Waals surface area (Å²) >= 11 is 0. The maximum atomic E-state index is 13.7. The lowest BCUT2D eigenvalue weighted by Gasteiger charge is -2.22. The molecule has 1 atom stereocenters. The molecule has 1 aliphatic heterocycles. The van der Waals surface area contributed by atoms with Gasteiger partial charge in [0, 0.05) is 29.9 Å². The molecule has 0 spiro atoms. The number of aromatic nitrogens is 2. The number of aryl methyl sites for hydroxylation is 2. The van der Waals surface area contributed by atoms with Crippen molar-refractivity contribution in [2.45, 2.75) is 39.3 Å². The van der Waals surface area contributed by atoms with Crippen molar-refractivity contribution in [2.24, 2.45) is 0 Å². The van der Waals surface area contributed by atoms with Crippen molar-refractivity contribution in [1.29, 1.82) is 0 Å². The van der Waals surface area contributed by atoms with Crippen LogP contribution in [0.3, 0.4) is 0 Å². The lowest BCUT2D eigenvalue weighted by Crippen LogP contribution is -2.37. The van der Waals surface area contributed by atoms with Crippen molar-refractivity contribution in [3.05, 3.63) is 87.6 Å². The normalized spacial score (nSPS) is 14.8. The summed E-state index contributed by atoms with van der Waals surface area (Å²) in [5.41, 5.74) is 2.47. The Balaban J connectivity index is 1.47. The summed E-state index contributed by atoms with van der Waals surface area (Å²) in [7, 11) is 0. The van der Waals surface area contributed by atoms with Gasteiger partial charge in [-0.05, 0) is 55.7 Å². The molecule has 0 saturated carbocycles. The van der Waals surface area contributed by atoms with Crippen molar-refractivity contribution in [3.8, 4) is 0 Å². The summed E-state index contributed by atoms with van der Waals surface area (Å²) in [6.07, 6.45) is 0.699.